The van der Waals surface area contributed by atoms with Gasteiger partial charge in [-0.3, -0.25) is 9.69 Å². The summed E-state index contributed by atoms with van der Waals surface area (Å²) in [7, 11) is 1.12. The Bertz CT molecular complexity index is 1010. The van der Waals surface area contributed by atoms with Crippen LogP contribution in [0.3, 0.4) is 0 Å². The Morgan fingerprint density at radius 2 is 1.76 bits per heavy atom. The van der Waals surface area contributed by atoms with E-state index >= 15 is 0 Å². The molecule has 0 aliphatic carbocycles. The number of nitrogens with zero attached hydrogens (tertiary/aromatic N) is 5. The SMILES string of the molecule is CN(C(=O)c1cn2c(n1)CN(CC(C)(C)O)CC2)C1(C)CCN(C(=O)O)CC1C(C(F)(F)F)C(F)(F)F. The van der Waals surface area contributed by atoms with Crippen LogP contribution < -0.4 is 0 Å². The highest BCUT2D eigenvalue weighted by molar-refractivity contribution is 5.92. The molecule has 1 saturated heterocycles. The zero-order chi connectivity index (χ0) is 28.1. The van der Waals surface area contributed by atoms with Crippen LogP contribution in [-0.4, -0.2) is 103 Å². The number of aliphatic hydroxyl groups is 1. The number of imidazole rings is 1. The summed E-state index contributed by atoms with van der Waals surface area (Å²) < 4.78 is 84.1. The molecular weight excluding hydrogens is 512 g/mol. The maximum Gasteiger partial charge on any atom is 0.407 e. The lowest BCUT2D eigenvalue weighted by molar-refractivity contribution is -0.310. The molecule has 2 amide bonds. The van der Waals surface area contributed by atoms with Crippen LogP contribution in [0.2, 0.25) is 0 Å². The van der Waals surface area contributed by atoms with Gasteiger partial charge in [-0.1, -0.05) is 0 Å². The summed E-state index contributed by atoms with van der Waals surface area (Å²) in [5.41, 5.74) is -3.09. The third kappa shape index (κ3) is 6.13. The fourth-order valence-corrected chi connectivity index (χ4v) is 5.26. The summed E-state index contributed by atoms with van der Waals surface area (Å²) in [6, 6.07) is 0. The van der Waals surface area contributed by atoms with Gasteiger partial charge in [0.1, 0.15) is 11.5 Å². The quantitative estimate of drug-likeness (QED) is 0.554. The van der Waals surface area contributed by atoms with Crippen molar-refractivity contribution < 1.29 is 46.1 Å². The van der Waals surface area contributed by atoms with Gasteiger partial charge in [-0.15, -0.1) is 0 Å². The molecule has 37 heavy (non-hydrogen) atoms. The molecule has 2 aliphatic heterocycles. The minimum Gasteiger partial charge on any atom is -0.465 e. The molecule has 3 heterocycles. The topological polar surface area (TPSA) is 102 Å². The largest absolute Gasteiger partial charge is 0.465 e. The number of halogens is 6. The Labute approximate surface area is 209 Å². The summed E-state index contributed by atoms with van der Waals surface area (Å²) >= 11 is 0. The molecule has 0 saturated carbocycles. The minimum atomic E-state index is -5.72. The lowest BCUT2D eigenvalue weighted by atomic mass is 9.70. The monoisotopic (exact) mass is 543 g/mol. The van der Waals surface area contributed by atoms with Crippen LogP contribution in [0.25, 0.3) is 0 Å². The Morgan fingerprint density at radius 1 is 1.16 bits per heavy atom. The lowest BCUT2D eigenvalue weighted by Gasteiger charge is -2.52. The molecule has 9 nitrogen and oxygen atoms in total. The molecular formula is C22H31F6N5O4. The number of fused-ring (bicyclic) bond motifs is 1. The van der Waals surface area contributed by atoms with Crippen LogP contribution >= 0.6 is 0 Å². The van der Waals surface area contributed by atoms with Gasteiger partial charge in [-0.05, 0) is 27.2 Å². The number of hydrogen-bond donors (Lipinski definition) is 2. The van der Waals surface area contributed by atoms with Gasteiger partial charge in [-0.2, -0.15) is 26.3 Å². The molecule has 2 N–H and O–H groups in total. The van der Waals surface area contributed by atoms with Crippen LogP contribution in [0.5, 0.6) is 0 Å². The van der Waals surface area contributed by atoms with Crippen molar-refractivity contribution in [2.75, 3.05) is 33.2 Å². The van der Waals surface area contributed by atoms with Crippen molar-refractivity contribution in [1.82, 2.24) is 24.3 Å². The number of likely N-dealkylation sites (tertiary alicyclic amines) is 1. The number of carbonyl (C=O) groups is 2. The number of alkyl halides is 6. The van der Waals surface area contributed by atoms with Crippen LogP contribution in [0.1, 0.15) is 43.5 Å². The van der Waals surface area contributed by atoms with E-state index in [0.29, 0.717) is 36.9 Å². The van der Waals surface area contributed by atoms with Crippen molar-refractivity contribution in [3.63, 3.8) is 0 Å². The molecule has 1 aromatic heterocycles. The summed E-state index contributed by atoms with van der Waals surface area (Å²) in [4.78, 5) is 32.4. The van der Waals surface area contributed by atoms with Crippen molar-refractivity contribution in [3.05, 3.63) is 17.7 Å². The Kier molecular flexibility index (Phi) is 7.56. The third-order valence-corrected chi connectivity index (χ3v) is 7.26. The second-order valence-corrected chi connectivity index (χ2v) is 10.6. The van der Waals surface area contributed by atoms with E-state index in [2.05, 4.69) is 4.98 Å². The number of carbonyl (C=O) groups excluding carboxylic acids is 1. The van der Waals surface area contributed by atoms with Gasteiger partial charge in [0.15, 0.2) is 5.92 Å². The van der Waals surface area contributed by atoms with Crippen LogP contribution in [0.15, 0.2) is 6.20 Å². The second kappa shape index (κ2) is 9.64. The molecule has 1 fully saturated rings. The van der Waals surface area contributed by atoms with Gasteiger partial charge in [0.25, 0.3) is 5.91 Å². The molecule has 2 aliphatic rings. The number of rotatable bonds is 5. The number of aromatic nitrogens is 2. The highest BCUT2D eigenvalue weighted by atomic mass is 19.4. The summed E-state index contributed by atoms with van der Waals surface area (Å²) in [5.74, 6) is -6.53. The Balaban J connectivity index is 1.93. The number of carboxylic acid groups (broad SMARTS) is 1. The number of hydrogen-bond acceptors (Lipinski definition) is 5. The zero-order valence-corrected chi connectivity index (χ0v) is 20.9. The summed E-state index contributed by atoms with van der Waals surface area (Å²) in [6.45, 7) is 4.61. The van der Waals surface area contributed by atoms with E-state index in [9.17, 15) is 46.1 Å². The first-order valence-electron chi connectivity index (χ1n) is 11.6. The van der Waals surface area contributed by atoms with Crippen LogP contribution in [-0.2, 0) is 13.1 Å². The molecule has 0 spiro atoms. The zero-order valence-electron chi connectivity index (χ0n) is 20.9. The van der Waals surface area contributed by atoms with Crippen LogP contribution in [0.4, 0.5) is 31.1 Å². The molecule has 2 atom stereocenters. The van der Waals surface area contributed by atoms with Crippen molar-refractivity contribution in [1.29, 1.82) is 0 Å². The molecule has 210 valence electrons. The van der Waals surface area contributed by atoms with Gasteiger partial charge in [0.2, 0.25) is 0 Å². The first-order chi connectivity index (χ1) is 16.7. The van der Waals surface area contributed by atoms with Crippen molar-refractivity contribution in [2.45, 2.75) is 63.8 Å². The predicted molar refractivity (Wildman–Crippen MR) is 118 cm³/mol. The maximum absolute atomic E-state index is 13.7. The van der Waals surface area contributed by atoms with E-state index in [1.807, 2.05) is 4.90 Å². The van der Waals surface area contributed by atoms with E-state index in [4.69, 9.17) is 0 Å². The van der Waals surface area contributed by atoms with Gasteiger partial charge >= 0.3 is 18.4 Å². The lowest BCUT2D eigenvalue weighted by Crippen LogP contribution is -2.65. The molecule has 0 bridgehead atoms. The first kappa shape index (κ1) is 29.0. The smallest absolute Gasteiger partial charge is 0.407 e. The number of β-amino-alcohol motifs (C(OH)–C–C–N with tert-alkyl or cyclic N) is 1. The van der Waals surface area contributed by atoms with Gasteiger partial charge in [-0.25, -0.2) is 9.78 Å². The standard InChI is InChI=1S/C22H31F6N5O4/c1-19(2,37)12-31-7-8-32-10-14(29-15(32)11-31)17(34)30(4)20(3)5-6-33(18(35)36)9-13(20)16(21(23,24)25)22(26,27)28/h10,13,16,37H,5-9,11-12H2,1-4H3,(H,35,36). The fraction of sp³-hybridized carbons (Fsp3) is 0.773. The Morgan fingerprint density at radius 3 is 2.27 bits per heavy atom. The predicted octanol–water partition coefficient (Wildman–Crippen LogP) is 3.04. The maximum atomic E-state index is 13.7. The number of amides is 2. The first-order valence-corrected chi connectivity index (χ1v) is 11.6. The molecule has 0 radical (unpaired) electrons. The summed E-state index contributed by atoms with van der Waals surface area (Å²) in [6.07, 6.45) is -12.1. The van der Waals surface area contributed by atoms with E-state index in [-0.39, 0.29) is 12.2 Å². The average molecular weight is 544 g/mol. The second-order valence-electron chi connectivity index (χ2n) is 10.6. The van der Waals surface area contributed by atoms with Gasteiger partial charge in [0.05, 0.1) is 12.1 Å². The minimum absolute atomic E-state index is 0.140. The van der Waals surface area contributed by atoms with E-state index < -0.39 is 60.3 Å². The Hall–Kier alpha value is -2.55. The highest BCUT2D eigenvalue weighted by Crippen LogP contribution is 2.50. The average Bonchev–Trinajstić information content (AvgIpc) is 3.14. The molecule has 2 unspecified atom stereocenters. The van der Waals surface area contributed by atoms with Crippen molar-refractivity contribution in [3.8, 4) is 0 Å². The normalized spacial score (nSPS) is 23.8. The van der Waals surface area contributed by atoms with Crippen molar-refractivity contribution in [2.24, 2.45) is 11.8 Å². The summed E-state index contributed by atoms with van der Waals surface area (Å²) in [5, 5.41) is 19.3. The van der Waals surface area contributed by atoms with Gasteiger partial charge in [0, 0.05) is 57.4 Å². The molecule has 15 heteroatoms. The van der Waals surface area contributed by atoms with E-state index in [1.54, 1.807) is 18.4 Å². The van der Waals surface area contributed by atoms with Gasteiger partial charge < -0.3 is 24.6 Å². The molecule has 3 rings (SSSR count). The van der Waals surface area contributed by atoms with E-state index in [0.717, 1.165) is 18.9 Å². The fourth-order valence-electron chi connectivity index (χ4n) is 5.26. The van der Waals surface area contributed by atoms with E-state index in [1.165, 1.54) is 6.20 Å². The van der Waals surface area contributed by atoms with Crippen molar-refractivity contribution >= 4 is 12.0 Å². The van der Waals surface area contributed by atoms with Crippen LogP contribution in [0, 0.1) is 11.8 Å². The third-order valence-electron chi connectivity index (χ3n) is 7.26. The molecule has 1 aromatic rings. The highest BCUT2D eigenvalue weighted by Gasteiger charge is 2.65. The molecule has 0 aromatic carbocycles. The number of piperidine rings is 1.